The normalized spacial score (nSPS) is 21.9. The van der Waals surface area contributed by atoms with Gasteiger partial charge in [-0.25, -0.2) is 19.2 Å². The van der Waals surface area contributed by atoms with Crippen molar-refractivity contribution in [3.8, 4) is 33.6 Å². The Morgan fingerprint density at radius 2 is 1.29 bits per heavy atom. The number of likely N-dealkylation sites (N-methyl/N-ethyl adjacent to an activating group) is 2. The SMILES string of the molecule is CN1C[C@H](F)C[C@@H]1C(=O)N1CCC[C@H]1c1ncc(-c2ccc(-c3ccc(-c4cnc([C@@H]5CCCN5C(=O)[C@@H](c5ccccc5)N(C)C(=O)O)[nH]4)cc3)cc2)[nH]1. The van der Waals surface area contributed by atoms with Crippen molar-refractivity contribution in [2.45, 2.75) is 62.4 Å². The monoisotopic (exact) mass is 744 g/mol. The third-order valence-corrected chi connectivity index (χ3v) is 11.4. The molecular formula is C42H45FN8O4. The maximum Gasteiger partial charge on any atom is 0.407 e. The van der Waals surface area contributed by atoms with E-state index in [1.54, 1.807) is 35.4 Å². The van der Waals surface area contributed by atoms with Crippen molar-refractivity contribution >= 4 is 17.9 Å². The van der Waals surface area contributed by atoms with E-state index in [4.69, 9.17) is 0 Å². The van der Waals surface area contributed by atoms with Crippen LogP contribution in [0.3, 0.4) is 0 Å². The van der Waals surface area contributed by atoms with Crippen molar-refractivity contribution in [1.29, 1.82) is 0 Å². The molecule has 0 spiro atoms. The van der Waals surface area contributed by atoms with Gasteiger partial charge in [-0.05, 0) is 60.5 Å². The van der Waals surface area contributed by atoms with Gasteiger partial charge in [-0.3, -0.25) is 19.4 Å². The number of rotatable bonds is 9. The number of carbonyl (C=O) groups excluding carboxylic acids is 2. The van der Waals surface area contributed by atoms with Crippen molar-refractivity contribution in [3.05, 3.63) is 108 Å². The Balaban J connectivity index is 0.931. The first-order chi connectivity index (χ1) is 26.7. The smallest absolute Gasteiger partial charge is 0.407 e. The lowest BCUT2D eigenvalue weighted by Crippen LogP contribution is -2.44. The van der Waals surface area contributed by atoms with E-state index < -0.39 is 24.3 Å². The number of carbonyl (C=O) groups is 3. The Hall–Kier alpha value is -5.82. The molecule has 3 amide bonds. The molecule has 5 atom stereocenters. The topological polar surface area (TPSA) is 142 Å². The Kier molecular flexibility index (Phi) is 9.95. The quantitative estimate of drug-likeness (QED) is 0.150. The number of hydrogen-bond donors (Lipinski definition) is 3. The molecule has 3 aliphatic rings. The highest BCUT2D eigenvalue weighted by atomic mass is 19.1. The predicted octanol–water partition coefficient (Wildman–Crippen LogP) is 6.85. The van der Waals surface area contributed by atoms with Gasteiger partial charge in [0.1, 0.15) is 23.9 Å². The molecule has 13 heteroatoms. The molecule has 0 unspecified atom stereocenters. The van der Waals surface area contributed by atoms with Gasteiger partial charge in [0.25, 0.3) is 5.91 Å². The Morgan fingerprint density at radius 1 is 0.782 bits per heavy atom. The van der Waals surface area contributed by atoms with Crippen LogP contribution in [0.25, 0.3) is 33.6 Å². The molecule has 55 heavy (non-hydrogen) atoms. The average Bonchev–Trinajstić information content (AvgIpc) is 4.05. The minimum absolute atomic E-state index is 0.0150. The van der Waals surface area contributed by atoms with Crippen LogP contribution in [-0.4, -0.2) is 108 Å². The van der Waals surface area contributed by atoms with E-state index in [0.29, 0.717) is 31.0 Å². The second-order valence-corrected chi connectivity index (χ2v) is 14.9. The minimum atomic E-state index is -1.17. The van der Waals surface area contributed by atoms with Gasteiger partial charge in [-0.1, -0.05) is 78.9 Å². The summed E-state index contributed by atoms with van der Waals surface area (Å²) in [6.45, 7) is 1.47. The van der Waals surface area contributed by atoms with E-state index in [0.717, 1.165) is 70.0 Å². The number of carboxylic acid groups (broad SMARTS) is 1. The maximum absolute atomic E-state index is 14.0. The molecule has 8 rings (SSSR count). The Bertz CT molecular complexity index is 2150. The van der Waals surface area contributed by atoms with E-state index in [1.165, 1.54) is 7.05 Å². The fourth-order valence-corrected chi connectivity index (χ4v) is 8.47. The van der Waals surface area contributed by atoms with Gasteiger partial charge in [0, 0.05) is 33.1 Å². The van der Waals surface area contributed by atoms with Crippen molar-refractivity contribution in [3.63, 3.8) is 0 Å². The number of H-pyrrole nitrogens is 2. The van der Waals surface area contributed by atoms with Crippen molar-refractivity contribution in [2.24, 2.45) is 0 Å². The number of likely N-dealkylation sites (tertiary alicyclic amines) is 3. The molecule has 3 saturated heterocycles. The lowest BCUT2D eigenvalue weighted by molar-refractivity contribution is -0.137. The molecule has 0 radical (unpaired) electrons. The van der Waals surface area contributed by atoms with Crippen molar-refractivity contribution in [2.75, 3.05) is 33.7 Å². The van der Waals surface area contributed by atoms with Gasteiger partial charge in [-0.15, -0.1) is 0 Å². The molecule has 2 aromatic heterocycles. The standard InChI is InChI=1S/C42H45FN8O4/c1-48-25-31(43)22-36(48)40(52)50-20-6-10-34(50)38-44-23-32(46-38)28-16-12-26(13-17-28)27-14-18-29(19-15-27)33-24-45-39(47-33)35-11-7-21-51(35)41(53)37(49(2)42(54)55)30-8-4-3-5-9-30/h3-5,8-9,12-19,23-24,31,34-37H,6-7,10-11,20-22,25H2,1-2H3,(H,44,46)(H,45,47)(H,54,55)/t31-,34+,35+,36-,37-/m1/s1. The van der Waals surface area contributed by atoms with Gasteiger partial charge >= 0.3 is 6.09 Å². The van der Waals surface area contributed by atoms with Gasteiger partial charge < -0.3 is 24.9 Å². The summed E-state index contributed by atoms with van der Waals surface area (Å²) in [6, 6.07) is 23.7. The zero-order valence-electron chi connectivity index (χ0n) is 30.9. The highest BCUT2D eigenvalue weighted by molar-refractivity contribution is 5.87. The Labute approximate surface area is 319 Å². The lowest BCUT2D eigenvalue weighted by atomic mass is 10.0. The summed E-state index contributed by atoms with van der Waals surface area (Å²) in [7, 11) is 3.24. The van der Waals surface area contributed by atoms with E-state index >= 15 is 0 Å². The molecule has 0 aliphatic carbocycles. The summed E-state index contributed by atoms with van der Waals surface area (Å²) >= 11 is 0. The number of imidazole rings is 2. The zero-order chi connectivity index (χ0) is 38.2. The molecular weight excluding hydrogens is 700 g/mol. The largest absolute Gasteiger partial charge is 0.465 e. The number of nitrogens with zero attached hydrogens (tertiary/aromatic N) is 6. The van der Waals surface area contributed by atoms with Crippen LogP contribution in [0.5, 0.6) is 0 Å². The number of hydrogen-bond acceptors (Lipinski definition) is 6. The fourth-order valence-electron chi connectivity index (χ4n) is 8.47. The average molecular weight is 745 g/mol. The maximum atomic E-state index is 14.0. The number of amides is 3. The van der Waals surface area contributed by atoms with Crippen LogP contribution >= 0.6 is 0 Å². The third kappa shape index (κ3) is 7.11. The number of nitrogens with one attached hydrogen (secondary N) is 2. The summed E-state index contributed by atoms with van der Waals surface area (Å²) in [6.07, 6.45) is 4.94. The number of aromatic amines is 2. The molecule has 5 heterocycles. The second-order valence-electron chi connectivity index (χ2n) is 14.9. The molecule has 0 saturated carbocycles. The zero-order valence-corrected chi connectivity index (χ0v) is 30.9. The molecule has 3 aliphatic heterocycles. The molecule has 284 valence electrons. The predicted molar refractivity (Wildman–Crippen MR) is 205 cm³/mol. The van der Waals surface area contributed by atoms with Crippen LogP contribution in [0.1, 0.15) is 67.4 Å². The highest BCUT2D eigenvalue weighted by Crippen LogP contribution is 2.37. The van der Waals surface area contributed by atoms with E-state index in [9.17, 15) is 23.9 Å². The van der Waals surface area contributed by atoms with Crippen LogP contribution in [0.15, 0.2) is 91.3 Å². The van der Waals surface area contributed by atoms with Gasteiger partial charge in [0.2, 0.25) is 5.91 Å². The fraction of sp³-hybridized carbons (Fsp3) is 0.357. The van der Waals surface area contributed by atoms with Crippen LogP contribution in [0, 0.1) is 0 Å². The summed E-state index contributed by atoms with van der Waals surface area (Å²) < 4.78 is 14.0. The first kappa shape index (κ1) is 36.2. The highest BCUT2D eigenvalue weighted by Gasteiger charge is 2.42. The van der Waals surface area contributed by atoms with Crippen molar-refractivity contribution in [1.82, 2.24) is 39.5 Å². The van der Waals surface area contributed by atoms with E-state index in [-0.39, 0.29) is 30.3 Å². The summed E-state index contributed by atoms with van der Waals surface area (Å²) in [4.78, 5) is 62.0. The summed E-state index contributed by atoms with van der Waals surface area (Å²) in [5, 5.41) is 9.78. The molecule has 3 aromatic carbocycles. The Morgan fingerprint density at radius 3 is 1.80 bits per heavy atom. The van der Waals surface area contributed by atoms with Gasteiger partial charge in [0.15, 0.2) is 0 Å². The van der Waals surface area contributed by atoms with Gasteiger partial charge in [0.05, 0.1) is 41.9 Å². The first-order valence-corrected chi connectivity index (χ1v) is 18.9. The number of benzene rings is 3. The molecule has 3 fully saturated rings. The number of aromatic nitrogens is 4. The molecule has 5 aromatic rings. The number of alkyl halides is 1. The van der Waals surface area contributed by atoms with Crippen LogP contribution in [-0.2, 0) is 9.59 Å². The van der Waals surface area contributed by atoms with E-state index in [1.807, 2.05) is 41.2 Å². The van der Waals surface area contributed by atoms with Gasteiger partial charge in [-0.2, -0.15) is 0 Å². The molecule has 12 nitrogen and oxygen atoms in total. The van der Waals surface area contributed by atoms with Crippen LogP contribution < -0.4 is 0 Å². The second kappa shape index (κ2) is 15.1. The first-order valence-electron chi connectivity index (χ1n) is 18.9. The van der Waals surface area contributed by atoms with Crippen LogP contribution in [0.2, 0.25) is 0 Å². The minimum Gasteiger partial charge on any atom is -0.465 e. The summed E-state index contributed by atoms with van der Waals surface area (Å²) in [5.74, 6) is 1.15. The molecule has 0 bridgehead atoms. The lowest BCUT2D eigenvalue weighted by Gasteiger charge is -2.32. The van der Waals surface area contributed by atoms with Crippen LogP contribution in [0.4, 0.5) is 9.18 Å². The molecule has 3 N–H and O–H groups in total. The van der Waals surface area contributed by atoms with Crippen molar-refractivity contribution < 1.29 is 23.9 Å². The third-order valence-electron chi connectivity index (χ3n) is 11.4. The summed E-state index contributed by atoms with van der Waals surface area (Å²) in [5.41, 5.74) is 6.38. The number of halogens is 1. The van der Waals surface area contributed by atoms with E-state index in [2.05, 4.69) is 56.3 Å².